The average Bonchev–Trinajstić information content (AvgIpc) is 2.10. The molecule has 4 saturated carbocycles. The lowest BCUT2D eigenvalue weighted by atomic mass is 9.41. The molecule has 0 saturated heterocycles. The maximum Gasteiger partial charge on any atom is 0.0102 e. The highest BCUT2D eigenvalue weighted by molar-refractivity contribution is 5.09. The van der Waals surface area contributed by atoms with Crippen molar-refractivity contribution in [3.05, 3.63) is 0 Å². The van der Waals surface area contributed by atoms with Crippen molar-refractivity contribution in [2.24, 2.45) is 34.3 Å². The van der Waals surface area contributed by atoms with Crippen molar-refractivity contribution in [1.82, 2.24) is 0 Å². The Morgan fingerprint density at radius 1 is 1.11 bits per heavy atom. The van der Waals surface area contributed by atoms with Gasteiger partial charge in [0.05, 0.1) is 0 Å². The van der Waals surface area contributed by atoms with Gasteiger partial charge in [0.15, 0.2) is 0 Å². The van der Waals surface area contributed by atoms with Crippen molar-refractivity contribution in [2.75, 3.05) is 0 Å². The Labute approximate surface area is 113 Å². The fourth-order valence-corrected chi connectivity index (χ4v) is 6.37. The van der Waals surface area contributed by atoms with Crippen molar-refractivity contribution < 1.29 is 0 Å². The van der Waals surface area contributed by atoms with Crippen LogP contribution in [0.25, 0.3) is 0 Å². The lowest BCUT2D eigenvalue weighted by Crippen LogP contribution is -2.56. The van der Waals surface area contributed by atoms with Gasteiger partial charge in [0.2, 0.25) is 0 Å². The maximum atomic E-state index is 6.38. The number of rotatable bonds is 3. The van der Waals surface area contributed by atoms with E-state index in [0.717, 1.165) is 17.8 Å². The summed E-state index contributed by atoms with van der Waals surface area (Å²) in [5, 5.41) is 0. The van der Waals surface area contributed by atoms with E-state index in [2.05, 4.69) is 27.7 Å². The molecule has 0 heterocycles. The molecule has 2 unspecified atom stereocenters. The average molecular weight is 249 g/mol. The summed E-state index contributed by atoms with van der Waals surface area (Å²) in [5.41, 5.74) is 7.67. The van der Waals surface area contributed by atoms with Gasteiger partial charge in [-0.1, -0.05) is 13.8 Å². The zero-order chi connectivity index (χ0) is 13.2. The van der Waals surface area contributed by atoms with Crippen LogP contribution in [-0.2, 0) is 0 Å². The molecule has 0 amide bonds. The quantitative estimate of drug-likeness (QED) is 0.790. The standard InChI is InChI=1S/C17H31N/c1-12(2)17-8-13-5-14(9-17)7-16(6-13,11-17)10-15(3,4)18/h12-14H,5-11,18H2,1-4H3. The van der Waals surface area contributed by atoms with Gasteiger partial charge in [-0.15, -0.1) is 0 Å². The molecule has 0 aromatic rings. The Balaban J connectivity index is 1.90. The number of hydrogen-bond acceptors (Lipinski definition) is 1. The van der Waals surface area contributed by atoms with Crippen LogP contribution >= 0.6 is 0 Å². The molecule has 4 fully saturated rings. The monoisotopic (exact) mass is 249 g/mol. The van der Waals surface area contributed by atoms with Crippen molar-refractivity contribution in [3.8, 4) is 0 Å². The second-order valence-electron chi connectivity index (χ2n) is 9.14. The highest BCUT2D eigenvalue weighted by Gasteiger charge is 2.58. The molecule has 4 aliphatic carbocycles. The summed E-state index contributed by atoms with van der Waals surface area (Å²) >= 11 is 0. The van der Waals surface area contributed by atoms with Gasteiger partial charge in [-0.05, 0) is 87.4 Å². The minimum atomic E-state index is 0.0177. The van der Waals surface area contributed by atoms with E-state index in [0.29, 0.717) is 10.8 Å². The topological polar surface area (TPSA) is 26.0 Å². The third-order valence-electron chi connectivity index (χ3n) is 6.28. The van der Waals surface area contributed by atoms with E-state index < -0.39 is 0 Å². The molecule has 0 spiro atoms. The molecule has 0 aliphatic heterocycles. The summed E-state index contributed by atoms with van der Waals surface area (Å²) in [5.74, 6) is 2.91. The van der Waals surface area contributed by atoms with Crippen LogP contribution in [0.5, 0.6) is 0 Å². The van der Waals surface area contributed by atoms with Gasteiger partial charge in [-0.25, -0.2) is 0 Å². The molecule has 4 aliphatic rings. The SMILES string of the molecule is CC(C)C12CC3CC(CC(CC(C)(C)N)(C3)C1)C2. The van der Waals surface area contributed by atoms with Crippen molar-refractivity contribution >= 4 is 0 Å². The van der Waals surface area contributed by atoms with E-state index in [1.807, 2.05) is 0 Å². The zero-order valence-corrected chi connectivity index (χ0v) is 12.8. The second-order valence-corrected chi connectivity index (χ2v) is 9.14. The minimum absolute atomic E-state index is 0.0177. The highest BCUT2D eigenvalue weighted by atomic mass is 14.7. The van der Waals surface area contributed by atoms with E-state index in [1.54, 1.807) is 0 Å². The van der Waals surface area contributed by atoms with E-state index >= 15 is 0 Å². The summed E-state index contributed by atoms with van der Waals surface area (Å²) in [7, 11) is 0. The molecule has 0 radical (unpaired) electrons. The van der Waals surface area contributed by atoms with Crippen LogP contribution in [0.3, 0.4) is 0 Å². The summed E-state index contributed by atoms with van der Waals surface area (Å²) in [6.45, 7) is 9.39. The van der Waals surface area contributed by atoms with Crippen LogP contribution in [0.2, 0.25) is 0 Å². The van der Waals surface area contributed by atoms with Gasteiger partial charge in [0, 0.05) is 5.54 Å². The summed E-state index contributed by atoms with van der Waals surface area (Å²) in [4.78, 5) is 0. The molecule has 104 valence electrons. The number of hydrogen-bond donors (Lipinski definition) is 1. The first kappa shape index (κ1) is 13.0. The minimum Gasteiger partial charge on any atom is -0.326 e. The first-order chi connectivity index (χ1) is 8.22. The summed E-state index contributed by atoms with van der Waals surface area (Å²) < 4.78 is 0. The van der Waals surface area contributed by atoms with Crippen molar-refractivity contribution in [1.29, 1.82) is 0 Å². The number of nitrogens with two attached hydrogens (primary N) is 1. The second kappa shape index (κ2) is 3.75. The van der Waals surface area contributed by atoms with Crippen molar-refractivity contribution in [2.45, 2.75) is 78.2 Å². The lowest BCUT2D eigenvalue weighted by Gasteiger charge is -2.65. The molecule has 1 heteroatoms. The molecule has 4 bridgehead atoms. The Morgan fingerprint density at radius 2 is 1.67 bits per heavy atom. The molecular weight excluding hydrogens is 218 g/mol. The third kappa shape index (κ3) is 2.03. The van der Waals surface area contributed by atoms with Crippen molar-refractivity contribution in [3.63, 3.8) is 0 Å². The van der Waals surface area contributed by atoms with Gasteiger partial charge in [0.25, 0.3) is 0 Å². The molecule has 4 rings (SSSR count). The van der Waals surface area contributed by atoms with Crippen LogP contribution in [0.4, 0.5) is 0 Å². The van der Waals surface area contributed by atoms with Crippen LogP contribution < -0.4 is 5.73 Å². The Hall–Kier alpha value is -0.0400. The molecule has 2 N–H and O–H groups in total. The zero-order valence-electron chi connectivity index (χ0n) is 12.8. The molecule has 2 atom stereocenters. The van der Waals surface area contributed by atoms with Gasteiger partial charge in [-0.2, -0.15) is 0 Å². The first-order valence-corrected chi connectivity index (χ1v) is 8.01. The van der Waals surface area contributed by atoms with Crippen LogP contribution in [0.15, 0.2) is 0 Å². The lowest BCUT2D eigenvalue weighted by molar-refractivity contribution is -0.138. The highest BCUT2D eigenvalue weighted by Crippen LogP contribution is 2.68. The van der Waals surface area contributed by atoms with Gasteiger partial charge >= 0.3 is 0 Å². The predicted molar refractivity (Wildman–Crippen MR) is 77.3 cm³/mol. The molecular formula is C17H31N. The third-order valence-corrected chi connectivity index (χ3v) is 6.28. The van der Waals surface area contributed by atoms with Crippen LogP contribution in [0, 0.1) is 28.6 Å². The largest absolute Gasteiger partial charge is 0.326 e. The summed E-state index contributed by atoms with van der Waals surface area (Å²) in [6.07, 6.45) is 10.3. The Morgan fingerprint density at radius 3 is 2.11 bits per heavy atom. The Bertz CT molecular complexity index is 322. The fraction of sp³-hybridized carbons (Fsp3) is 1.00. The fourth-order valence-electron chi connectivity index (χ4n) is 6.37. The molecule has 0 aromatic heterocycles. The van der Waals surface area contributed by atoms with Crippen LogP contribution in [0.1, 0.15) is 72.6 Å². The van der Waals surface area contributed by atoms with E-state index in [-0.39, 0.29) is 5.54 Å². The smallest absolute Gasteiger partial charge is 0.0102 e. The Kier molecular flexibility index (Phi) is 2.70. The maximum absolute atomic E-state index is 6.38. The van der Waals surface area contributed by atoms with E-state index in [9.17, 15) is 0 Å². The first-order valence-electron chi connectivity index (χ1n) is 8.01. The normalized spacial score (nSPS) is 47.0. The van der Waals surface area contributed by atoms with E-state index in [4.69, 9.17) is 5.73 Å². The molecule has 0 aromatic carbocycles. The van der Waals surface area contributed by atoms with Gasteiger partial charge < -0.3 is 5.73 Å². The van der Waals surface area contributed by atoms with Crippen LogP contribution in [-0.4, -0.2) is 5.54 Å². The van der Waals surface area contributed by atoms with Gasteiger partial charge in [-0.3, -0.25) is 0 Å². The molecule has 18 heavy (non-hydrogen) atoms. The van der Waals surface area contributed by atoms with Gasteiger partial charge in [0.1, 0.15) is 0 Å². The molecule has 1 nitrogen and oxygen atoms in total. The summed E-state index contributed by atoms with van der Waals surface area (Å²) in [6, 6.07) is 0. The van der Waals surface area contributed by atoms with E-state index in [1.165, 1.54) is 44.9 Å². The predicted octanol–water partition coefficient (Wildman–Crippen LogP) is 4.36.